The summed E-state index contributed by atoms with van der Waals surface area (Å²) < 4.78 is 0. The van der Waals surface area contributed by atoms with Crippen LogP contribution in [0.3, 0.4) is 0 Å². The Bertz CT molecular complexity index is 689. The lowest BCUT2D eigenvalue weighted by Crippen LogP contribution is -2.48. The third-order valence-corrected chi connectivity index (χ3v) is 6.26. The first-order valence-corrected chi connectivity index (χ1v) is 9.85. The average molecular weight is 399 g/mol. The van der Waals surface area contributed by atoms with E-state index in [0.717, 1.165) is 24.8 Å². The van der Waals surface area contributed by atoms with Crippen LogP contribution < -0.4 is 0 Å². The maximum atomic E-state index is 12.8. The Morgan fingerprint density at radius 2 is 1.92 bits per heavy atom. The molecule has 0 aromatic heterocycles. The number of benzene rings is 1. The Morgan fingerprint density at radius 3 is 2.50 bits per heavy atom. The van der Waals surface area contributed by atoms with Crippen LogP contribution in [0.2, 0.25) is 10.0 Å². The molecule has 142 valence electrons. The summed E-state index contributed by atoms with van der Waals surface area (Å²) in [6.07, 6.45) is 2.52. The fraction of sp³-hybridized carbons (Fsp3) is 0.579. The molecule has 1 amide bonds. The second-order valence-electron chi connectivity index (χ2n) is 7.14. The van der Waals surface area contributed by atoms with Crippen LogP contribution in [0.5, 0.6) is 0 Å². The number of rotatable bonds is 6. The maximum absolute atomic E-state index is 12.8. The predicted octanol–water partition coefficient (Wildman–Crippen LogP) is 3.49. The molecule has 2 aliphatic rings. The van der Waals surface area contributed by atoms with Crippen LogP contribution in [0.25, 0.3) is 0 Å². The quantitative estimate of drug-likeness (QED) is 0.796. The van der Waals surface area contributed by atoms with Gasteiger partial charge in [-0.05, 0) is 49.4 Å². The summed E-state index contributed by atoms with van der Waals surface area (Å²) >= 11 is 12.0. The van der Waals surface area contributed by atoms with Gasteiger partial charge in [0.2, 0.25) is 5.91 Å². The summed E-state index contributed by atoms with van der Waals surface area (Å²) in [5, 5.41) is 10.1. The molecule has 0 spiro atoms. The molecule has 2 fully saturated rings. The zero-order chi connectivity index (χ0) is 18.8. The Morgan fingerprint density at radius 1 is 1.23 bits per heavy atom. The number of hydrogen-bond donors (Lipinski definition) is 1. The van der Waals surface area contributed by atoms with Crippen molar-refractivity contribution in [2.24, 2.45) is 5.92 Å². The van der Waals surface area contributed by atoms with Crippen molar-refractivity contribution in [3.8, 4) is 0 Å². The molecule has 5 nitrogen and oxygen atoms in total. The molecule has 3 rings (SSSR count). The average Bonchev–Trinajstić information content (AvgIpc) is 3.42. The lowest BCUT2D eigenvalue weighted by molar-refractivity contribution is -0.140. The fourth-order valence-electron chi connectivity index (χ4n) is 3.94. The number of carboxylic acid groups (broad SMARTS) is 1. The van der Waals surface area contributed by atoms with Crippen molar-refractivity contribution in [3.05, 3.63) is 33.8 Å². The zero-order valence-corrected chi connectivity index (χ0v) is 16.3. The molecule has 1 saturated heterocycles. The van der Waals surface area contributed by atoms with Gasteiger partial charge in [0.15, 0.2) is 0 Å². The summed E-state index contributed by atoms with van der Waals surface area (Å²) in [6, 6.07) is 5.83. The molecule has 7 heteroatoms. The highest BCUT2D eigenvalue weighted by Gasteiger charge is 2.46. The van der Waals surface area contributed by atoms with Gasteiger partial charge in [-0.15, -0.1) is 0 Å². The van der Waals surface area contributed by atoms with Crippen LogP contribution >= 0.6 is 23.2 Å². The van der Waals surface area contributed by atoms with Crippen LogP contribution in [-0.2, 0) is 9.59 Å². The predicted molar refractivity (Wildman–Crippen MR) is 102 cm³/mol. The van der Waals surface area contributed by atoms with Crippen molar-refractivity contribution >= 4 is 35.1 Å². The number of carbonyl (C=O) groups excluding carboxylic acids is 1. The van der Waals surface area contributed by atoms with Gasteiger partial charge in [-0.3, -0.25) is 14.5 Å². The van der Waals surface area contributed by atoms with E-state index in [4.69, 9.17) is 28.3 Å². The summed E-state index contributed by atoms with van der Waals surface area (Å²) in [7, 11) is 0. The first-order valence-electron chi connectivity index (χ1n) is 9.10. The number of nitrogens with zero attached hydrogens (tertiary/aromatic N) is 2. The Labute approximate surface area is 163 Å². The van der Waals surface area contributed by atoms with Crippen LogP contribution in [-0.4, -0.2) is 59.0 Å². The minimum Gasteiger partial charge on any atom is -0.480 e. The summed E-state index contributed by atoms with van der Waals surface area (Å²) in [6.45, 7) is 4.16. The maximum Gasteiger partial charge on any atom is 0.317 e. The number of amides is 1. The third-order valence-electron chi connectivity index (χ3n) is 5.52. The number of hydrogen-bond acceptors (Lipinski definition) is 3. The van der Waals surface area contributed by atoms with Crippen LogP contribution in [0.15, 0.2) is 18.2 Å². The van der Waals surface area contributed by atoms with E-state index in [1.807, 2.05) is 28.9 Å². The molecule has 1 N–H and O–H groups in total. The number of piperidine rings is 1. The molecule has 2 atom stereocenters. The van der Waals surface area contributed by atoms with Gasteiger partial charge < -0.3 is 10.0 Å². The molecule has 1 aliphatic carbocycles. The molecule has 1 aliphatic heterocycles. The molecule has 0 radical (unpaired) electrons. The van der Waals surface area contributed by atoms with Gasteiger partial charge in [0.25, 0.3) is 0 Å². The van der Waals surface area contributed by atoms with Crippen molar-refractivity contribution in [1.29, 1.82) is 0 Å². The topological polar surface area (TPSA) is 60.9 Å². The van der Waals surface area contributed by atoms with Gasteiger partial charge in [0.1, 0.15) is 0 Å². The SMILES string of the molecule is CCN(CC(=O)O)C1CCN(C(=O)C2CC2c2ccc(Cl)c(Cl)c2)CC1. The van der Waals surface area contributed by atoms with E-state index >= 15 is 0 Å². The highest BCUT2D eigenvalue weighted by molar-refractivity contribution is 6.42. The van der Waals surface area contributed by atoms with E-state index in [1.165, 1.54) is 0 Å². The lowest BCUT2D eigenvalue weighted by Gasteiger charge is -2.37. The second-order valence-corrected chi connectivity index (χ2v) is 7.95. The first kappa shape index (κ1) is 19.5. The van der Waals surface area contributed by atoms with E-state index in [-0.39, 0.29) is 30.3 Å². The van der Waals surface area contributed by atoms with Crippen molar-refractivity contribution < 1.29 is 14.7 Å². The number of carbonyl (C=O) groups is 2. The normalized spacial score (nSPS) is 23.3. The van der Waals surface area contributed by atoms with E-state index in [9.17, 15) is 9.59 Å². The van der Waals surface area contributed by atoms with E-state index in [0.29, 0.717) is 29.7 Å². The summed E-state index contributed by atoms with van der Waals surface area (Å²) in [4.78, 5) is 27.7. The monoisotopic (exact) mass is 398 g/mol. The minimum absolute atomic E-state index is 0.0325. The fourth-order valence-corrected chi connectivity index (χ4v) is 4.24. The van der Waals surface area contributed by atoms with E-state index in [2.05, 4.69) is 0 Å². The van der Waals surface area contributed by atoms with Crippen molar-refractivity contribution in [2.45, 2.75) is 38.1 Å². The molecular weight excluding hydrogens is 375 g/mol. The van der Waals surface area contributed by atoms with Crippen molar-refractivity contribution in [3.63, 3.8) is 0 Å². The highest BCUT2D eigenvalue weighted by Crippen LogP contribution is 2.49. The lowest BCUT2D eigenvalue weighted by atomic mass is 10.0. The molecule has 1 aromatic rings. The molecule has 26 heavy (non-hydrogen) atoms. The third kappa shape index (κ3) is 4.33. The van der Waals surface area contributed by atoms with Crippen molar-refractivity contribution in [1.82, 2.24) is 9.80 Å². The molecule has 0 bridgehead atoms. The van der Waals surface area contributed by atoms with Gasteiger partial charge in [0.05, 0.1) is 16.6 Å². The number of likely N-dealkylation sites (N-methyl/N-ethyl adjacent to an activating group) is 1. The molecule has 1 aromatic carbocycles. The van der Waals surface area contributed by atoms with Crippen LogP contribution in [0.4, 0.5) is 0 Å². The summed E-state index contributed by atoms with van der Waals surface area (Å²) in [5.74, 6) is -0.326. The largest absolute Gasteiger partial charge is 0.480 e. The van der Waals surface area contributed by atoms with Gasteiger partial charge in [-0.2, -0.15) is 0 Å². The highest BCUT2D eigenvalue weighted by atomic mass is 35.5. The number of carboxylic acids is 1. The first-order chi connectivity index (χ1) is 12.4. The smallest absolute Gasteiger partial charge is 0.317 e. The van der Waals surface area contributed by atoms with Gasteiger partial charge in [-0.25, -0.2) is 0 Å². The van der Waals surface area contributed by atoms with Gasteiger partial charge in [-0.1, -0.05) is 36.2 Å². The van der Waals surface area contributed by atoms with E-state index in [1.54, 1.807) is 6.07 Å². The molecule has 1 saturated carbocycles. The van der Waals surface area contributed by atoms with Crippen LogP contribution in [0.1, 0.15) is 37.7 Å². The standard InChI is InChI=1S/C19H24Cl2N2O3/c1-2-22(11-18(24)25)13-5-7-23(8-6-13)19(26)15-10-14(15)12-3-4-16(20)17(21)9-12/h3-4,9,13-15H,2,5-8,10-11H2,1H3,(H,24,25). The van der Waals surface area contributed by atoms with Gasteiger partial charge in [0, 0.05) is 25.0 Å². The molecule has 1 heterocycles. The van der Waals surface area contributed by atoms with Gasteiger partial charge >= 0.3 is 5.97 Å². The number of halogens is 2. The number of likely N-dealkylation sites (tertiary alicyclic amines) is 1. The second kappa shape index (κ2) is 8.15. The number of aliphatic carboxylic acids is 1. The van der Waals surface area contributed by atoms with Crippen LogP contribution in [0, 0.1) is 5.92 Å². The Kier molecular flexibility index (Phi) is 6.10. The van der Waals surface area contributed by atoms with Crippen molar-refractivity contribution in [2.75, 3.05) is 26.2 Å². The Balaban J connectivity index is 1.53. The Hall–Kier alpha value is -1.30. The van der Waals surface area contributed by atoms with E-state index < -0.39 is 5.97 Å². The molecule has 2 unspecified atom stereocenters. The summed E-state index contributed by atoms with van der Waals surface area (Å²) in [5.41, 5.74) is 1.08. The minimum atomic E-state index is -0.798. The molecular formula is C19H24Cl2N2O3. The zero-order valence-electron chi connectivity index (χ0n) is 14.8.